The number of hydrogen-bond acceptors (Lipinski definition) is 4. The summed E-state index contributed by atoms with van der Waals surface area (Å²) in [5.41, 5.74) is 0.387. The van der Waals surface area contributed by atoms with Gasteiger partial charge in [0.05, 0.1) is 5.56 Å². The van der Waals surface area contributed by atoms with Gasteiger partial charge in [-0.15, -0.1) is 0 Å². The van der Waals surface area contributed by atoms with Gasteiger partial charge in [-0.25, -0.2) is 8.78 Å². The lowest BCUT2D eigenvalue weighted by atomic mass is 10.1. The fraction of sp³-hybridized carbons (Fsp3) is 0.286. The topological polar surface area (TPSA) is 81.8 Å². The number of carbonyl (C=O) groups is 3. The van der Waals surface area contributed by atoms with E-state index in [-0.39, 0.29) is 18.0 Å². The SMILES string of the molecule is O=C(NCCN1CCN(C(=O)c2ccccc2F)CC1)C(=O)Nc1ccc(F)cc1. The Balaban J connectivity index is 1.38. The van der Waals surface area contributed by atoms with Crippen molar-refractivity contribution in [1.82, 2.24) is 15.1 Å². The number of carbonyl (C=O) groups excluding carboxylic acids is 3. The molecule has 2 aromatic rings. The van der Waals surface area contributed by atoms with Gasteiger partial charge in [-0.2, -0.15) is 0 Å². The lowest BCUT2D eigenvalue weighted by Crippen LogP contribution is -2.50. The van der Waals surface area contributed by atoms with Crippen molar-refractivity contribution in [1.29, 1.82) is 0 Å². The van der Waals surface area contributed by atoms with E-state index < -0.39 is 23.4 Å². The molecule has 0 aliphatic carbocycles. The van der Waals surface area contributed by atoms with E-state index in [2.05, 4.69) is 10.6 Å². The van der Waals surface area contributed by atoms with Gasteiger partial charge in [0.1, 0.15) is 11.6 Å². The normalized spacial score (nSPS) is 14.3. The number of anilines is 1. The molecule has 0 radical (unpaired) electrons. The number of hydrogen-bond donors (Lipinski definition) is 2. The van der Waals surface area contributed by atoms with Crippen LogP contribution in [0.4, 0.5) is 14.5 Å². The summed E-state index contributed by atoms with van der Waals surface area (Å²) in [5, 5.41) is 4.92. The lowest BCUT2D eigenvalue weighted by molar-refractivity contribution is -0.136. The molecule has 0 saturated carbocycles. The summed E-state index contributed by atoms with van der Waals surface area (Å²) in [7, 11) is 0. The van der Waals surface area contributed by atoms with Gasteiger partial charge in [0.25, 0.3) is 5.91 Å². The third kappa shape index (κ3) is 5.60. The summed E-state index contributed by atoms with van der Waals surface area (Å²) >= 11 is 0. The number of halogens is 2. The molecular formula is C21H22F2N4O3. The fourth-order valence-electron chi connectivity index (χ4n) is 3.11. The zero-order chi connectivity index (χ0) is 21.5. The molecule has 0 aromatic heterocycles. The largest absolute Gasteiger partial charge is 0.347 e. The molecule has 9 heteroatoms. The highest BCUT2D eigenvalue weighted by atomic mass is 19.1. The Labute approximate surface area is 172 Å². The number of benzene rings is 2. The molecule has 7 nitrogen and oxygen atoms in total. The summed E-state index contributed by atoms with van der Waals surface area (Å²) < 4.78 is 26.7. The van der Waals surface area contributed by atoms with Crippen LogP contribution < -0.4 is 10.6 Å². The molecule has 0 unspecified atom stereocenters. The lowest BCUT2D eigenvalue weighted by Gasteiger charge is -2.34. The molecule has 0 spiro atoms. The van der Waals surface area contributed by atoms with Crippen molar-refractivity contribution < 1.29 is 23.2 Å². The Morgan fingerprint density at radius 3 is 2.20 bits per heavy atom. The van der Waals surface area contributed by atoms with Crippen molar-refractivity contribution in [3.63, 3.8) is 0 Å². The van der Waals surface area contributed by atoms with E-state index in [0.717, 1.165) is 0 Å². The van der Waals surface area contributed by atoms with Crippen molar-refractivity contribution in [2.24, 2.45) is 0 Å². The van der Waals surface area contributed by atoms with Crippen LogP contribution in [0.2, 0.25) is 0 Å². The fourth-order valence-corrected chi connectivity index (χ4v) is 3.11. The smallest absolute Gasteiger partial charge is 0.313 e. The summed E-state index contributed by atoms with van der Waals surface area (Å²) in [6.07, 6.45) is 0. The van der Waals surface area contributed by atoms with Crippen LogP contribution in [0.3, 0.4) is 0 Å². The van der Waals surface area contributed by atoms with E-state index in [1.807, 2.05) is 4.90 Å². The van der Waals surface area contributed by atoms with Gasteiger partial charge in [-0.3, -0.25) is 19.3 Å². The molecule has 0 bridgehead atoms. The Morgan fingerprint density at radius 1 is 0.867 bits per heavy atom. The standard InChI is InChI=1S/C21H22F2N4O3/c22-15-5-7-16(8-6-15)25-20(29)19(28)24-9-10-26-11-13-27(14-12-26)21(30)17-3-1-2-4-18(17)23/h1-8H,9-14H2,(H,24,28)(H,25,29). The van der Waals surface area contributed by atoms with Gasteiger partial charge in [-0.05, 0) is 36.4 Å². The maximum atomic E-state index is 13.8. The first kappa shape index (κ1) is 21.4. The van der Waals surface area contributed by atoms with E-state index in [1.54, 1.807) is 11.0 Å². The minimum atomic E-state index is -0.832. The predicted molar refractivity (Wildman–Crippen MR) is 107 cm³/mol. The molecule has 1 fully saturated rings. The minimum absolute atomic E-state index is 0.0605. The molecule has 1 saturated heterocycles. The highest BCUT2D eigenvalue weighted by molar-refractivity contribution is 6.39. The zero-order valence-corrected chi connectivity index (χ0v) is 16.2. The van der Waals surface area contributed by atoms with E-state index in [1.165, 1.54) is 42.5 Å². The van der Waals surface area contributed by atoms with Crippen LogP contribution in [0, 0.1) is 11.6 Å². The van der Waals surface area contributed by atoms with Gasteiger partial charge < -0.3 is 15.5 Å². The van der Waals surface area contributed by atoms with E-state index in [0.29, 0.717) is 38.4 Å². The van der Waals surface area contributed by atoms with Crippen LogP contribution in [0.15, 0.2) is 48.5 Å². The summed E-state index contributed by atoms with van der Waals surface area (Å²) in [6.45, 7) is 2.84. The maximum Gasteiger partial charge on any atom is 0.313 e. The first-order valence-corrected chi connectivity index (χ1v) is 9.55. The molecule has 1 aliphatic rings. The Kier molecular flexibility index (Phi) is 7.08. The zero-order valence-electron chi connectivity index (χ0n) is 16.2. The third-order valence-corrected chi connectivity index (χ3v) is 4.79. The van der Waals surface area contributed by atoms with Gasteiger partial charge in [-0.1, -0.05) is 12.1 Å². The first-order chi connectivity index (χ1) is 14.4. The average molecular weight is 416 g/mol. The van der Waals surface area contributed by atoms with Crippen LogP contribution >= 0.6 is 0 Å². The van der Waals surface area contributed by atoms with Crippen molar-refractivity contribution in [3.8, 4) is 0 Å². The number of piperazine rings is 1. The van der Waals surface area contributed by atoms with E-state index >= 15 is 0 Å². The van der Waals surface area contributed by atoms with E-state index in [4.69, 9.17) is 0 Å². The van der Waals surface area contributed by atoms with E-state index in [9.17, 15) is 23.2 Å². The highest BCUT2D eigenvalue weighted by Crippen LogP contribution is 2.12. The Hall–Kier alpha value is -3.33. The molecule has 0 atom stereocenters. The van der Waals surface area contributed by atoms with Gasteiger partial charge in [0, 0.05) is 45.0 Å². The number of nitrogens with zero attached hydrogens (tertiary/aromatic N) is 2. The van der Waals surface area contributed by atoms with Crippen LogP contribution in [-0.2, 0) is 9.59 Å². The first-order valence-electron chi connectivity index (χ1n) is 9.55. The molecule has 3 rings (SSSR count). The summed E-state index contributed by atoms with van der Waals surface area (Å²) in [4.78, 5) is 39.8. The van der Waals surface area contributed by atoms with Crippen LogP contribution in [0.1, 0.15) is 10.4 Å². The monoisotopic (exact) mass is 416 g/mol. The van der Waals surface area contributed by atoms with Crippen molar-refractivity contribution in [2.45, 2.75) is 0 Å². The predicted octanol–water partition coefficient (Wildman–Crippen LogP) is 1.48. The van der Waals surface area contributed by atoms with Gasteiger partial charge >= 0.3 is 11.8 Å². The third-order valence-electron chi connectivity index (χ3n) is 4.79. The number of nitrogens with one attached hydrogen (secondary N) is 2. The second-order valence-electron chi connectivity index (χ2n) is 6.83. The molecule has 2 N–H and O–H groups in total. The highest BCUT2D eigenvalue weighted by Gasteiger charge is 2.24. The molecular weight excluding hydrogens is 394 g/mol. The number of amides is 3. The quantitative estimate of drug-likeness (QED) is 0.724. The maximum absolute atomic E-state index is 13.8. The van der Waals surface area contributed by atoms with Crippen molar-refractivity contribution in [2.75, 3.05) is 44.6 Å². The number of rotatable bonds is 5. The Morgan fingerprint density at radius 2 is 1.53 bits per heavy atom. The molecule has 30 heavy (non-hydrogen) atoms. The van der Waals surface area contributed by atoms with Gasteiger partial charge in [0.2, 0.25) is 0 Å². The van der Waals surface area contributed by atoms with Crippen molar-refractivity contribution >= 4 is 23.4 Å². The summed E-state index contributed by atoms with van der Waals surface area (Å²) in [5.74, 6) is -2.92. The molecule has 158 valence electrons. The van der Waals surface area contributed by atoms with Crippen LogP contribution in [0.25, 0.3) is 0 Å². The average Bonchev–Trinajstić information content (AvgIpc) is 2.75. The van der Waals surface area contributed by atoms with Gasteiger partial charge in [0.15, 0.2) is 0 Å². The molecule has 1 aliphatic heterocycles. The molecule has 1 heterocycles. The molecule has 3 amide bonds. The van der Waals surface area contributed by atoms with Crippen LogP contribution in [0.5, 0.6) is 0 Å². The van der Waals surface area contributed by atoms with Crippen molar-refractivity contribution in [3.05, 3.63) is 65.7 Å². The summed E-state index contributed by atoms with van der Waals surface area (Å²) in [6, 6.07) is 11.0. The second kappa shape index (κ2) is 9.93. The molecule has 2 aromatic carbocycles. The van der Waals surface area contributed by atoms with Crippen LogP contribution in [-0.4, -0.2) is 66.8 Å². The second-order valence-corrected chi connectivity index (χ2v) is 6.83. The Bertz CT molecular complexity index is 913. The minimum Gasteiger partial charge on any atom is -0.347 e.